The molecule has 27 heavy (non-hydrogen) atoms. The fraction of sp³-hybridized carbons (Fsp3) is 0.400. The Kier molecular flexibility index (Phi) is 9.34. The molecular formula is C20H29IN4O2. The Morgan fingerprint density at radius 1 is 1.15 bits per heavy atom. The molecule has 2 rings (SSSR count). The van der Waals surface area contributed by atoms with Gasteiger partial charge in [0.1, 0.15) is 11.5 Å². The van der Waals surface area contributed by atoms with E-state index in [2.05, 4.69) is 15.6 Å². The third-order valence-electron chi connectivity index (χ3n) is 3.96. The maximum Gasteiger partial charge on any atom is 0.253 e. The number of nitrogens with one attached hydrogen (secondary N) is 2. The van der Waals surface area contributed by atoms with E-state index in [1.807, 2.05) is 51.1 Å². The number of aryl methyl sites for hydroxylation is 2. The molecule has 1 aromatic carbocycles. The average Bonchev–Trinajstić information content (AvgIpc) is 2.94. The molecule has 148 valence electrons. The number of nitrogens with zero attached hydrogens (tertiary/aromatic N) is 2. The van der Waals surface area contributed by atoms with E-state index >= 15 is 0 Å². The molecule has 0 atom stereocenters. The van der Waals surface area contributed by atoms with Crippen molar-refractivity contribution in [1.29, 1.82) is 0 Å². The number of rotatable bonds is 6. The second-order valence-corrected chi connectivity index (χ2v) is 6.38. The first-order valence-corrected chi connectivity index (χ1v) is 8.79. The van der Waals surface area contributed by atoms with E-state index in [4.69, 9.17) is 4.42 Å². The van der Waals surface area contributed by atoms with Crippen LogP contribution in [0.3, 0.4) is 0 Å². The van der Waals surface area contributed by atoms with Crippen molar-refractivity contribution < 1.29 is 9.21 Å². The van der Waals surface area contributed by atoms with Crippen LogP contribution in [0.4, 0.5) is 0 Å². The number of benzene rings is 1. The first-order valence-electron chi connectivity index (χ1n) is 8.79. The Morgan fingerprint density at radius 2 is 1.81 bits per heavy atom. The van der Waals surface area contributed by atoms with Crippen molar-refractivity contribution in [3.8, 4) is 0 Å². The third kappa shape index (κ3) is 6.89. The molecule has 0 radical (unpaired) electrons. The lowest BCUT2D eigenvalue weighted by molar-refractivity contribution is 0.0827. The van der Waals surface area contributed by atoms with Crippen molar-refractivity contribution >= 4 is 35.8 Å². The van der Waals surface area contributed by atoms with Gasteiger partial charge in [0.2, 0.25) is 0 Å². The van der Waals surface area contributed by atoms with Gasteiger partial charge in [0.25, 0.3) is 5.91 Å². The summed E-state index contributed by atoms with van der Waals surface area (Å²) >= 11 is 0. The molecule has 0 bridgehead atoms. The topological polar surface area (TPSA) is 69.9 Å². The molecule has 2 N–H and O–H groups in total. The minimum atomic E-state index is 0. The number of furan rings is 1. The summed E-state index contributed by atoms with van der Waals surface area (Å²) in [6, 6.07) is 9.59. The van der Waals surface area contributed by atoms with Gasteiger partial charge in [-0.3, -0.25) is 4.79 Å². The van der Waals surface area contributed by atoms with Gasteiger partial charge in [-0.2, -0.15) is 0 Å². The van der Waals surface area contributed by atoms with Crippen LogP contribution in [0.25, 0.3) is 0 Å². The normalized spacial score (nSPS) is 10.9. The van der Waals surface area contributed by atoms with Gasteiger partial charge >= 0.3 is 0 Å². The minimum absolute atomic E-state index is 0. The van der Waals surface area contributed by atoms with E-state index in [1.54, 1.807) is 19.0 Å². The van der Waals surface area contributed by atoms with Crippen LogP contribution in [-0.2, 0) is 13.1 Å². The molecule has 0 unspecified atom stereocenters. The quantitative estimate of drug-likeness (QED) is 0.375. The highest BCUT2D eigenvalue weighted by atomic mass is 127. The number of guanidine groups is 1. The highest BCUT2D eigenvalue weighted by Crippen LogP contribution is 2.13. The van der Waals surface area contributed by atoms with E-state index in [0.717, 1.165) is 35.2 Å². The predicted octanol–water partition coefficient (Wildman–Crippen LogP) is 3.47. The van der Waals surface area contributed by atoms with Crippen LogP contribution in [0.2, 0.25) is 0 Å². The standard InChI is InChI=1S/C20H28N4O2.HI/c1-6-21-20(23-13-18-11-14(2)26-15(18)3)22-12-16-7-9-17(10-8-16)19(25)24(4)5;/h7-11H,6,12-13H2,1-5H3,(H2,21,22,23);1H. The number of hydrogen-bond donors (Lipinski definition) is 2. The van der Waals surface area contributed by atoms with Crippen LogP contribution in [0.15, 0.2) is 39.7 Å². The number of amides is 1. The second kappa shape index (κ2) is 11.0. The molecule has 0 aliphatic carbocycles. The summed E-state index contributed by atoms with van der Waals surface area (Å²) in [6.07, 6.45) is 0. The summed E-state index contributed by atoms with van der Waals surface area (Å²) in [6.45, 7) is 7.92. The van der Waals surface area contributed by atoms with Gasteiger partial charge in [-0.1, -0.05) is 12.1 Å². The molecule has 6 nitrogen and oxygen atoms in total. The summed E-state index contributed by atoms with van der Waals surface area (Å²) in [4.78, 5) is 18.1. The predicted molar refractivity (Wildman–Crippen MR) is 120 cm³/mol. The van der Waals surface area contributed by atoms with E-state index in [-0.39, 0.29) is 29.9 Å². The summed E-state index contributed by atoms with van der Waals surface area (Å²) in [5.41, 5.74) is 2.85. The molecule has 1 aromatic heterocycles. The third-order valence-corrected chi connectivity index (χ3v) is 3.96. The van der Waals surface area contributed by atoms with Crippen molar-refractivity contribution in [3.63, 3.8) is 0 Å². The largest absolute Gasteiger partial charge is 0.466 e. The molecular weight excluding hydrogens is 455 g/mol. The molecule has 0 saturated heterocycles. The van der Waals surface area contributed by atoms with Crippen molar-refractivity contribution in [2.24, 2.45) is 4.99 Å². The van der Waals surface area contributed by atoms with Crippen LogP contribution in [0.5, 0.6) is 0 Å². The van der Waals surface area contributed by atoms with Crippen LogP contribution < -0.4 is 10.6 Å². The van der Waals surface area contributed by atoms with E-state index in [1.165, 1.54) is 0 Å². The molecule has 0 aliphatic heterocycles. The highest BCUT2D eigenvalue weighted by molar-refractivity contribution is 14.0. The number of hydrogen-bond acceptors (Lipinski definition) is 3. The maximum atomic E-state index is 11.9. The molecule has 0 saturated carbocycles. The molecule has 2 aromatic rings. The Labute approximate surface area is 178 Å². The fourth-order valence-electron chi connectivity index (χ4n) is 2.56. The van der Waals surface area contributed by atoms with Crippen LogP contribution in [0.1, 0.15) is 39.9 Å². The van der Waals surface area contributed by atoms with Gasteiger partial charge in [-0.05, 0) is 44.5 Å². The van der Waals surface area contributed by atoms with Gasteiger partial charge in [0.15, 0.2) is 5.96 Å². The lowest BCUT2D eigenvalue weighted by Gasteiger charge is -2.12. The van der Waals surface area contributed by atoms with Gasteiger partial charge in [0.05, 0.1) is 6.54 Å². The lowest BCUT2D eigenvalue weighted by Crippen LogP contribution is -2.36. The van der Waals surface area contributed by atoms with Gasteiger partial charge in [-0.25, -0.2) is 4.99 Å². The zero-order chi connectivity index (χ0) is 19.1. The molecule has 1 amide bonds. The van der Waals surface area contributed by atoms with E-state index in [9.17, 15) is 4.79 Å². The Morgan fingerprint density at radius 3 is 2.33 bits per heavy atom. The van der Waals surface area contributed by atoms with Crippen LogP contribution >= 0.6 is 24.0 Å². The first kappa shape index (κ1) is 23.0. The van der Waals surface area contributed by atoms with Crippen molar-refractivity contribution in [2.45, 2.75) is 33.9 Å². The van der Waals surface area contributed by atoms with E-state index in [0.29, 0.717) is 18.7 Å². The van der Waals surface area contributed by atoms with Crippen molar-refractivity contribution in [1.82, 2.24) is 15.5 Å². The van der Waals surface area contributed by atoms with Gasteiger partial charge < -0.3 is 20.0 Å². The molecule has 0 spiro atoms. The smallest absolute Gasteiger partial charge is 0.253 e. The Balaban J connectivity index is 0.00000364. The number of carbonyl (C=O) groups excluding carboxylic acids is 1. The molecule has 0 aliphatic rings. The first-order chi connectivity index (χ1) is 12.4. The lowest BCUT2D eigenvalue weighted by atomic mass is 10.1. The zero-order valence-corrected chi connectivity index (χ0v) is 19.0. The van der Waals surface area contributed by atoms with Gasteiger partial charge in [-0.15, -0.1) is 24.0 Å². The summed E-state index contributed by atoms with van der Waals surface area (Å²) < 4.78 is 5.55. The molecule has 7 heteroatoms. The second-order valence-electron chi connectivity index (χ2n) is 6.38. The molecule has 1 heterocycles. The highest BCUT2D eigenvalue weighted by Gasteiger charge is 2.08. The fourth-order valence-corrected chi connectivity index (χ4v) is 2.56. The summed E-state index contributed by atoms with van der Waals surface area (Å²) in [5, 5.41) is 6.57. The number of halogens is 1. The van der Waals surface area contributed by atoms with Crippen molar-refractivity contribution in [3.05, 3.63) is 58.5 Å². The SMILES string of the molecule is CCNC(=NCc1ccc(C(=O)N(C)C)cc1)NCc1cc(C)oc1C.I. The van der Waals surface area contributed by atoms with Crippen LogP contribution in [-0.4, -0.2) is 37.4 Å². The Hall–Kier alpha value is -2.03. The molecule has 0 fully saturated rings. The summed E-state index contributed by atoms with van der Waals surface area (Å²) in [5.74, 6) is 2.58. The summed E-state index contributed by atoms with van der Waals surface area (Å²) in [7, 11) is 3.50. The number of aliphatic imine (C=N–C) groups is 1. The Bertz CT molecular complexity index is 767. The van der Waals surface area contributed by atoms with Gasteiger partial charge in [0, 0.05) is 38.3 Å². The van der Waals surface area contributed by atoms with Crippen molar-refractivity contribution in [2.75, 3.05) is 20.6 Å². The maximum absolute atomic E-state index is 11.9. The number of carbonyl (C=O) groups is 1. The average molecular weight is 484 g/mol. The van der Waals surface area contributed by atoms with E-state index < -0.39 is 0 Å². The minimum Gasteiger partial charge on any atom is -0.466 e. The zero-order valence-electron chi connectivity index (χ0n) is 16.6. The monoisotopic (exact) mass is 484 g/mol. The van der Waals surface area contributed by atoms with Crippen LogP contribution in [0, 0.1) is 13.8 Å².